The van der Waals surface area contributed by atoms with Gasteiger partial charge in [0, 0.05) is 35.5 Å². The Balaban J connectivity index is 1.77. The summed E-state index contributed by atoms with van der Waals surface area (Å²) in [6.07, 6.45) is 3.96. The fraction of sp³-hybridized carbons (Fsp3) is 0.714. The molecule has 7 nitrogen and oxygen atoms in total. The van der Waals surface area contributed by atoms with Crippen molar-refractivity contribution in [2.75, 3.05) is 6.61 Å². The van der Waals surface area contributed by atoms with E-state index < -0.39 is 58.5 Å². The number of rotatable bonds is 6. The van der Waals surface area contributed by atoms with Crippen molar-refractivity contribution in [3.8, 4) is 0 Å². The topological polar surface area (TPSA) is 107 Å². The first-order valence-corrected chi connectivity index (χ1v) is 13.1. The molecule has 198 valence electrons. The maximum atomic E-state index is 14.9. The molecule has 0 bridgehead atoms. The van der Waals surface area contributed by atoms with E-state index in [4.69, 9.17) is 9.47 Å². The van der Waals surface area contributed by atoms with E-state index in [0.717, 1.165) is 0 Å². The second-order valence-electron chi connectivity index (χ2n) is 11.4. The highest BCUT2D eigenvalue weighted by molar-refractivity contribution is 6.04. The maximum absolute atomic E-state index is 14.9. The molecule has 4 aliphatic rings. The van der Waals surface area contributed by atoms with Crippen LogP contribution in [-0.4, -0.2) is 46.9 Å². The maximum Gasteiger partial charge on any atom is 0.306 e. The third kappa shape index (κ3) is 3.62. The summed E-state index contributed by atoms with van der Waals surface area (Å²) in [5.41, 5.74) is -2.82. The molecule has 0 heterocycles. The summed E-state index contributed by atoms with van der Waals surface area (Å²) in [4.78, 5) is 50.3. The Bertz CT molecular complexity index is 1050. The molecule has 0 aromatic heterocycles. The highest BCUT2D eigenvalue weighted by Crippen LogP contribution is 2.69. The van der Waals surface area contributed by atoms with Crippen molar-refractivity contribution in [3.63, 3.8) is 0 Å². The van der Waals surface area contributed by atoms with E-state index in [1.165, 1.54) is 6.08 Å². The van der Waals surface area contributed by atoms with Gasteiger partial charge in [-0.3, -0.25) is 19.2 Å². The van der Waals surface area contributed by atoms with Crippen LogP contribution >= 0.6 is 0 Å². The van der Waals surface area contributed by atoms with Crippen LogP contribution in [0.2, 0.25) is 0 Å². The van der Waals surface area contributed by atoms with Crippen molar-refractivity contribution in [1.82, 2.24) is 0 Å². The zero-order chi connectivity index (χ0) is 26.6. The van der Waals surface area contributed by atoms with Crippen molar-refractivity contribution in [2.24, 2.45) is 34.5 Å². The summed E-state index contributed by atoms with van der Waals surface area (Å²) in [6, 6.07) is 0. The van der Waals surface area contributed by atoms with Gasteiger partial charge in [0.05, 0.1) is 6.10 Å². The number of hydrogen-bond donors (Lipinski definition) is 1. The summed E-state index contributed by atoms with van der Waals surface area (Å²) in [6.45, 7) is 8.45. The van der Waals surface area contributed by atoms with Crippen LogP contribution in [0.25, 0.3) is 0 Å². The number of ether oxygens (including phenoxy) is 2. The third-order valence-electron chi connectivity index (χ3n) is 9.76. The van der Waals surface area contributed by atoms with E-state index in [0.29, 0.717) is 24.8 Å². The van der Waals surface area contributed by atoms with Crippen LogP contribution in [0.3, 0.4) is 0 Å². The zero-order valence-corrected chi connectivity index (χ0v) is 21.8. The molecule has 36 heavy (non-hydrogen) atoms. The Labute approximate surface area is 211 Å². The minimum absolute atomic E-state index is 0.0752. The number of carbonyl (C=O) groups excluding carboxylic acids is 4. The second-order valence-corrected chi connectivity index (χ2v) is 11.4. The van der Waals surface area contributed by atoms with Gasteiger partial charge in [-0.15, -0.1) is 0 Å². The Kier molecular flexibility index (Phi) is 6.82. The lowest BCUT2D eigenvalue weighted by atomic mass is 9.46. The molecule has 3 saturated carbocycles. The van der Waals surface area contributed by atoms with Crippen LogP contribution in [0.5, 0.6) is 0 Å². The van der Waals surface area contributed by atoms with E-state index in [2.05, 4.69) is 0 Å². The monoisotopic (exact) mass is 504 g/mol. The average molecular weight is 505 g/mol. The van der Waals surface area contributed by atoms with Gasteiger partial charge in [0.1, 0.15) is 0 Å². The van der Waals surface area contributed by atoms with Crippen LogP contribution in [-0.2, 0) is 28.7 Å². The molecule has 8 atom stereocenters. The molecule has 1 N–H and O–H groups in total. The highest BCUT2D eigenvalue weighted by atomic mass is 19.1. The van der Waals surface area contributed by atoms with Gasteiger partial charge in [-0.1, -0.05) is 40.7 Å². The van der Waals surface area contributed by atoms with Gasteiger partial charge in [-0.2, -0.15) is 0 Å². The lowest BCUT2D eigenvalue weighted by Crippen LogP contribution is -2.64. The minimum Gasteiger partial charge on any atom is -0.457 e. The van der Waals surface area contributed by atoms with Crippen LogP contribution in [0.15, 0.2) is 23.6 Å². The van der Waals surface area contributed by atoms with Gasteiger partial charge in [0.25, 0.3) is 0 Å². The first-order valence-electron chi connectivity index (χ1n) is 13.1. The van der Waals surface area contributed by atoms with Crippen molar-refractivity contribution < 1.29 is 38.1 Å². The van der Waals surface area contributed by atoms with E-state index in [1.807, 2.05) is 20.8 Å². The van der Waals surface area contributed by atoms with Crippen LogP contribution in [0, 0.1) is 34.5 Å². The molecular weight excluding hydrogens is 467 g/mol. The predicted molar refractivity (Wildman–Crippen MR) is 128 cm³/mol. The van der Waals surface area contributed by atoms with Gasteiger partial charge in [-0.05, 0) is 49.2 Å². The third-order valence-corrected chi connectivity index (χ3v) is 9.76. The molecule has 0 unspecified atom stereocenters. The van der Waals surface area contributed by atoms with Crippen LogP contribution in [0.1, 0.15) is 73.1 Å². The van der Waals surface area contributed by atoms with Crippen molar-refractivity contribution >= 4 is 23.5 Å². The summed E-state index contributed by atoms with van der Waals surface area (Å²) in [5.74, 6) is -3.74. The summed E-state index contributed by atoms with van der Waals surface area (Å²) in [5, 5.41) is 11.6. The molecule has 0 radical (unpaired) electrons. The molecule has 4 aliphatic carbocycles. The molecule has 4 rings (SSSR count). The lowest BCUT2D eigenvalue weighted by molar-refractivity contribution is -0.206. The van der Waals surface area contributed by atoms with E-state index in [9.17, 15) is 28.7 Å². The fourth-order valence-electron chi connectivity index (χ4n) is 8.20. The lowest BCUT2D eigenvalue weighted by Gasteiger charge is -2.60. The van der Waals surface area contributed by atoms with Gasteiger partial charge in [-0.25, -0.2) is 4.39 Å². The number of aliphatic hydroxyl groups is 1. The van der Waals surface area contributed by atoms with E-state index in [1.54, 1.807) is 19.9 Å². The molecule has 0 spiro atoms. The highest BCUT2D eigenvalue weighted by Gasteiger charge is 2.73. The van der Waals surface area contributed by atoms with E-state index >= 15 is 0 Å². The smallest absolute Gasteiger partial charge is 0.306 e. The quantitative estimate of drug-likeness (QED) is 0.545. The minimum atomic E-state index is -1.55. The van der Waals surface area contributed by atoms with E-state index in [-0.39, 0.29) is 42.9 Å². The number of carbonyl (C=O) groups is 4. The number of Topliss-reactive ketones (excluding diaryl/α,β-unsaturated/α-hetero) is 1. The predicted octanol–water partition coefficient (Wildman–Crippen LogP) is 4.02. The Hall–Kier alpha value is -2.35. The summed E-state index contributed by atoms with van der Waals surface area (Å²) >= 11 is 0. The van der Waals surface area contributed by atoms with Crippen LogP contribution < -0.4 is 0 Å². The molecule has 0 aromatic rings. The Morgan fingerprint density at radius 1 is 1.17 bits per heavy atom. The van der Waals surface area contributed by atoms with Crippen LogP contribution in [0.4, 0.5) is 4.39 Å². The Morgan fingerprint density at radius 2 is 1.83 bits per heavy atom. The summed E-state index contributed by atoms with van der Waals surface area (Å²) in [7, 11) is 0. The van der Waals surface area contributed by atoms with Gasteiger partial charge < -0.3 is 14.6 Å². The summed E-state index contributed by atoms with van der Waals surface area (Å²) < 4.78 is 26.1. The first-order chi connectivity index (χ1) is 16.9. The first kappa shape index (κ1) is 26.7. The molecule has 0 saturated heterocycles. The number of aliphatic hydroxyl groups excluding tert-OH is 1. The molecule has 3 fully saturated rings. The van der Waals surface area contributed by atoms with Gasteiger partial charge >= 0.3 is 11.9 Å². The standard InChI is InChI=1S/C28H37FO7/c1-6-22(33)35-14-21(32)28(36-23(34)7-2)15(3)12-18-16-8-9-17-25(29)19(30)10-11-26(17,4)24(16)20(31)13-27(18,28)5/h10-11,15-16,18,20,24,31H,6-9,12-14H2,1-5H3/t15-,16-,18-,20-,24+,26-,27-,28+/m0/s1. The zero-order valence-electron chi connectivity index (χ0n) is 21.8. The number of esters is 2. The van der Waals surface area contributed by atoms with Gasteiger partial charge in [0.2, 0.25) is 11.6 Å². The van der Waals surface area contributed by atoms with Crippen molar-refractivity contribution in [3.05, 3.63) is 23.6 Å². The number of ketones is 2. The fourth-order valence-corrected chi connectivity index (χ4v) is 8.20. The number of halogens is 1. The SMILES string of the molecule is CCC(=O)OCC(=O)[C@]1(OC(=O)CC)[C@@H](C)C[C@H]2[C@@H]3CCC4=C(F)C(=O)C=C[C@]4(C)[C@H]3[C@@H](O)C[C@@]21C. The molecule has 8 heteroatoms. The normalized spacial score (nSPS) is 41.3. The number of hydrogen-bond acceptors (Lipinski definition) is 7. The molecule has 0 aliphatic heterocycles. The Morgan fingerprint density at radius 3 is 2.47 bits per heavy atom. The number of allylic oxidation sites excluding steroid dienone is 4. The van der Waals surface area contributed by atoms with Crippen molar-refractivity contribution in [1.29, 1.82) is 0 Å². The second kappa shape index (κ2) is 9.19. The molecule has 0 aromatic carbocycles. The molecular formula is C28H37FO7. The van der Waals surface area contributed by atoms with Crippen molar-refractivity contribution in [2.45, 2.75) is 84.8 Å². The van der Waals surface area contributed by atoms with Gasteiger partial charge in [0.15, 0.2) is 18.0 Å². The average Bonchev–Trinajstić information content (AvgIpc) is 3.06. The molecule has 0 amide bonds. The number of fused-ring (bicyclic) bond motifs is 5. The largest absolute Gasteiger partial charge is 0.457 e.